The molecule has 0 aliphatic heterocycles. The number of aryl methyl sites for hydroxylation is 1. The number of allylic oxidation sites excluding steroid dienone is 1. The number of furan rings is 2. The van der Waals surface area contributed by atoms with Gasteiger partial charge in [-0.3, -0.25) is 0 Å². The molecule has 0 fully saturated rings. The Labute approximate surface area is 449 Å². The predicted molar refractivity (Wildman–Crippen MR) is 324 cm³/mol. The van der Waals surface area contributed by atoms with Crippen molar-refractivity contribution in [1.82, 2.24) is 9.13 Å². The van der Waals surface area contributed by atoms with Crippen molar-refractivity contribution in [3.63, 3.8) is 0 Å². The van der Waals surface area contributed by atoms with Crippen molar-refractivity contribution in [2.75, 3.05) is 9.80 Å². The summed E-state index contributed by atoms with van der Waals surface area (Å²) in [5.74, 6) is 0.929. The van der Waals surface area contributed by atoms with E-state index in [4.69, 9.17) is 8.83 Å². The number of nitrogens with zero attached hydrogens (tertiary/aromatic N) is 4. The smallest absolute Gasteiger partial charge is 0.159 e. The fourth-order valence-corrected chi connectivity index (χ4v) is 12.5. The Hall–Kier alpha value is -10.3. The molecular weight excluding hydrogens is 953 g/mol. The summed E-state index contributed by atoms with van der Waals surface area (Å²) in [6.45, 7) is 0. The summed E-state index contributed by atoms with van der Waals surface area (Å²) in [6.07, 6.45) is 4.20. The van der Waals surface area contributed by atoms with Crippen LogP contribution in [0.15, 0.2) is 276 Å². The van der Waals surface area contributed by atoms with Crippen LogP contribution in [-0.4, -0.2) is 9.13 Å². The average Bonchev–Trinajstić information content (AvgIpc) is 4.33. The number of anilines is 5. The van der Waals surface area contributed by atoms with E-state index in [0.717, 1.165) is 114 Å². The number of benzene rings is 11. The van der Waals surface area contributed by atoms with E-state index in [1.807, 2.05) is 6.07 Å². The number of fused-ring (bicyclic) bond motifs is 12. The maximum atomic E-state index is 6.81. The highest BCUT2D eigenvalue weighted by Gasteiger charge is 2.28. The first kappa shape index (κ1) is 44.0. The first-order valence-corrected chi connectivity index (χ1v) is 26.8. The normalized spacial score (nSPS) is 12.6. The largest absolute Gasteiger partial charge is 0.454 e. The van der Waals surface area contributed by atoms with Gasteiger partial charge in [0.05, 0.1) is 33.5 Å². The van der Waals surface area contributed by atoms with Crippen LogP contribution in [0.3, 0.4) is 0 Å². The van der Waals surface area contributed by atoms with Gasteiger partial charge in [0.15, 0.2) is 11.3 Å². The van der Waals surface area contributed by atoms with Crippen molar-refractivity contribution < 1.29 is 8.83 Å². The zero-order chi connectivity index (χ0) is 51.3. The Balaban J connectivity index is 0.814. The maximum absolute atomic E-state index is 6.81. The average molecular weight is 1000 g/mol. The van der Waals surface area contributed by atoms with Gasteiger partial charge in [-0.05, 0) is 139 Å². The molecule has 6 nitrogen and oxygen atoms in total. The molecule has 0 radical (unpaired) electrons. The SMILES string of the molecule is C1=C(N(c2ccc(-c3ccc(N(c4ccc5c(c4)c4ccccc4n5-c4ccccc4)c4cccc5c4oc4ccccc45)cc3)cc2)c2ccc3c(c2)c2ccccc2n3-c2ccccc2)c2oc3ccccc3c2CC1. The van der Waals surface area contributed by atoms with E-state index < -0.39 is 0 Å². The van der Waals surface area contributed by atoms with Gasteiger partial charge in [-0.15, -0.1) is 0 Å². The summed E-state index contributed by atoms with van der Waals surface area (Å²) in [4.78, 5) is 4.74. The molecule has 0 bridgehead atoms. The zero-order valence-corrected chi connectivity index (χ0v) is 42.4. The Bertz CT molecular complexity index is 4850. The highest BCUT2D eigenvalue weighted by atomic mass is 16.3. The van der Waals surface area contributed by atoms with Gasteiger partial charge in [0.1, 0.15) is 11.2 Å². The van der Waals surface area contributed by atoms with Gasteiger partial charge in [-0.25, -0.2) is 0 Å². The minimum absolute atomic E-state index is 0.846. The molecule has 16 rings (SSSR count). The molecule has 11 aromatic carbocycles. The molecule has 0 unspecified atom stereocenters. The van der Waals surface area contributed by atoms with Gasteiger partial charge in [-0.1, -0.05) is 152 Å². The van der Waals surface area contributed by atoms with Crippen LogP contribution in [0.25, 0.3) is 105 Å². The van der Waals surface area contributed by atoms with Crippen molar-refractivity contribution in [2.45, 2.75) is 12.8 Å². The fraction of sp³-hybridized carbons (Fsp3) is 0.0278. The third-order valence-corrected chi connectivity index (χ3v) is 16.0. The zero-order valence-electron chi connectivity index (χ0n) is 42.4. The second-order valence-electron chi connectivity index (χ2n) is 20.3. The van der Waals surface area contributed by atoms with Crippen LogP contribution in [0.5, 0.6) is 0 Å². The summed E-state index contributed by atoms with van der Waals surface area (Å²) in [6, 6.07) is 93.7. The van der Waals surface area contributed by atoms with Gasteiger partial charge in [0, 0.05) is 77.4 Å². The topological polar surface area (TPSA) is 42.6 Å². The summed E-state index contributed by atoms with van der Waals surface area (Å²) >= 11 is 0. The van der Waals surface area contributed by atoms with Crippen LogP contribution in [0, 0.1) is 0 Å². The van der Waals surface area contributed by atoms with Crippen LogP contribution >= 0.6 is 0 Å². The minimum atomic E-state index is 0.846. The standard InChI is InChI=1S/C72H48N4O2/c1-3-17-49(18-4-1)75-63-27-11-7-21-55(63)61-45-53(41-43-65(61)75)73(67-29-15-25-59-57-23-9-13-31-69(57)77-71(59)67)51-37-33-47(34-38-51)48-35-39-52(40-36-48)74(68-30-16-26-60-58-24-10-14-32-70(58)78-72(60)68)54-42-44-66-62(46-54)56-22-8-12-28-64(56)76(66)50-19-5-2-6-20-50/h1-15,17-25,27-46H,16,26H2. The number of hydrogen-bond donors (Lipinski definition) is 0. The first-order chi connectivity index (χ1) is 38.7. The van der Waals surface area contributed by atoms with Gasteiger partial charge in [0.2, 0.25) is 0 Å². The quantitative estimate of drug-likeness (QED) is 0.145. The molecule has 0 atom stereocenters. The van der Waals surface area contributed by atoms with E-state index in [-0.39, 0.29) is 0 Å². The molecule has 15 aromatic rings. The van der Waals surface area contributed by atoms with Crippen LogP contribution in [-0.2, 0) is 6.42 Å². The Morgan fingerprint density at radius 2 is 0.795 bits per heavy atom. The van der Waals surface area contributed by atoms with Crippen molar-refractivity contribution in [3.8, 4) is 22.5 Å². The number of aromatic nitrogens is 2. The fourth-order valence-electron chi connectivity index (χ4n) is 12.5. The lowest BCUT2D eigenvalue weighted by Crippen LogP contribution is -2.18. The number of para-hydroxylation sites is 7. The Morgan fingerprint density at radius 3 is 1.40 bits per heavy atom. The molecule has 0 amide bonds. The molecule has 0 N–H and O–H groups in total. The van der Waals surface area contributed by atoms with E-state index in [9.17, 15) is 0 Å². The number of rotatable bonds is 9. The van der Waals surface area contributed by atoms with Crippen molar-refractivity contribution in [1.29, 1.82) is 0 Å². The molecular formula is C72H48N4O2. The van der Waals surface area contributed by atoms with Crippen LogP contribution in [0.2, 0.25) is 0 Å². The minimum Gasteiger partial charge on any atom is -0.454 e. The molecule has 1 aliphatic rings. The molecule has 0 saturated heterocycles. The molecule has 1 aliphatic carbocycles. The van der Waals surface area contributed by atoms with Crippen molar-refractivity contribution in [2.24, 2.45) is 0 Å². The lowest BCUT2D eigenvalue weighted by molar-refractivity contribution is 0.588. The highest BCUT2D eigenvalue weighted by Crippen LogP contribution is 2.47. The van der Waals surface area contributed by atoms with Crippen LogP contribution < -0.4 is 9.80 Å². The molecule has 0 saturated carbocycles. The second kappa shape index (κ2) is 17.7. The summed E-state index contributed by atoms with van der Waals surface area (Å²) in [7, 11) is 0. The van der Waals surface area contributed by atoms with Crippen LogP contribution in [0.1, 0.15) is 17.7 Å². The van der Waals surface area contributed by atoms with E-state index >= 15 is 0 Å². The first-order valence-electron chi connectivity index (χ1n) is 26.8. The molecule has 368 valence electrons. The van der Waals surface area contributed by atoms with Gasteiger partial charge in [0.25, 0.3) is 0 Å². The van der Waals surface area contributed by atoms with Crippen molar-refractivity contribution >= 4 is 111 Å². The monoisotopic (exact) mass is 1000 g/mol. The van der Waals surface area contributed by atoms with E-state index in [1.54, 1.807) is 0 Å². The lowest BCUT2D eigenvalue weighted by atomic mass is 9.97. The molecule has 78 heavy (non-hydrogen) atoms. The lowest BCUT2D eigenvalue weighted by Gasteiger charge is -2.29. The third kappa shape index (κ3) is 6.90. The summed E-state index contributed by atoms with van der Waals surface area (Å²) < 4.78 is 18.3. The van der Waals surface area contributed by atoms with Crippen LogP contribution in [0.4, 0.5) is 28.4 Å². The van der Waals surface area contributed by atoms with Gasteiger partial charge < -0.3 is 27.8 Å². The highest BCUT2D eigenvalue weighted by molar-refractivity contribution is 6.14. The van der Waals surface area contributed by atoms with E-state index in [2.05, 4.69) is 280 Å². The van der Waals surface area contributed by atoms with Gasteiger partial charge in [-0.2, -0.15) is 0 Å². The summed E-state index contributed by atoms with van der Waals surface area (Å²) in [5, 5.41) is 8.15. The van der Waals surface area contributed by atoms with E-state index in [1.165, 1.54) is 43.5 Å². The molecule has 6 heteroatoms. The number of hydrogen-bond acceptors (Lipinski definition) is 4. The molecule has 4 heterocycles. The molecule has 0 spiro atoms. The second-order valence-corrected chi connectivity index (χ2v) is 20.3. The molecule has 4 aromatic heterocycles. The Morgan fingerprint density at radius 1 is 0.333 bits per heavy atom. The predicted octanol–water partition coefficient (Wildman–Crippen LogP) is 19.8. The summed E-state index contributed by atoms with van der Waals surface area (Å²) in [5.41, 5.74) is 19.3. The van der Waals surface area contributed by atoms with Gasteiger partial charge >= 0.3 is 0 Å². The van der Waals surface area contributed by atoms with Crippen molar-refractivity contribution in [3.05, 3.63) is 278 Å². The van der Waals surface area contributed by atoms with E-state index in [0.29, 0.717) is 0 Å². The third-order valence-electron chi connectivity index (χ3n) is 16.0. The maximum Gasteiger partial charge on any atom is 0.159 e. The Kier molecular flexibility index (Phi) is 9.97.